The molecule has 2 heterocycles. The van der Waals surface area contributed by atoms with Gasteiger partial charge in [0.2, 0.25) is 0 Å². The lowest BCUT2D eigenvalue weighted by molar-refractivity contribution is 0.201. The van der Waals surface area contributed by atoms with E-state index < -0.39 is 0 Å². The zero-order valence-corrected chi connectivity index (χ0v) is 16.0. The minimum Gasteiger partial charge on any atom is -0.479 e. The van der Waals surface area contributed by atoms with Crippen molar-refractivity contribution in [3.63, 3.8) is 0 Å². The smallest absolute Gasteiger partial charge is 0.195 e. The number of hydrogen-bond acceptors (Lipinski definition) is 3. The van der Waals surface area contributed by atoms with Gasteiger partial charge in [0.15, 0.2) is 5.88 Å². The molecule has 0 atom stereocenters. The van der Waals surface area contributed by atoms with Crippen molar-refractivity contribution >= 4 is 23.5 Å². The Morgan fingerprint density at radius 2 is 2.04 bits per heavy atom. The lowest BCUT2D eigenvalue weighted by Gasteiger charge is -2.27. The van der Waals surface area contributed by atoms with Crippen LogP contribution in [-0.2, 0) is 4.74 Å². The predicted octanol–water partition coefficient (Wildman–Crippen LogP) is 6.25. The Balaban J connectivity index is 1.90. The highest BCUT2D eigenvalue weighted by Crippen LogP contribution is 2.32. The molecule has 1 aliphatic heterocycles. The van der Waals surface area contributed by atoms with E-state index in [-0.39, 0.29) is 0 Å². The first-order valence-electron chi connectivity index (χ1n) is 9.01. The van der Waals surface area contributed by atoms with Gasteiger partial charge < -0.3 is 4.74 Å². The third kappa shape index (κ3) is 4.50. The quantitative estimate of drug-likeness (QED) is 0.401. The van der Waals surface area contributed by atoms with Crippen LogP contribution in [0.2, 0.25) is 5.02 Å². The molecule has 1 aromatic heterocycles. The van der Waals surface area contributed by atoms with Gasteiger partial charge in [-0.05, 0) is 36.6 Å². The molecular formula is C23H23ClN2O. The fourth-order valence-corrected chi connectivity index (χ4v) is 3.10. The molecule has 3 rings (SSSR count). The maximum absolute atomic E-state index is 6.47. The summed E-state index contributed by atoms with van der Waals surface area (Å²) in [5.74, 6) is 1.59. The van der Waals surface area contributed by atoms with E-state index in [4.69, 9.17) is 21.3 Å². The summed E-state index contributed by atoms with van der Waals surface area (Å²) in [4.78, 5) is 6.89. The van der Waals surface area contributed by atoms with E-state index in [2.05, 4.69) is 19.2 Å². The van der Waals surface area contributed by atoms with Crippen molar-refractivity contribution in [1.82, 2.24) is 4.98 Å². The third-order valence-corrected chi connectivity index (χ3v) is 4.58. The fraction of sp³-hybridized carbons (Fsp3) is 0.174. The van der Waals surface area contributed by atoms with Gasteiger partial charge in [0.1, 0.15) is 5.82 Å². The average Bonchev–Trinajstić information content (AvgIpc) is 2.72. The van der Waals surface area contributed by atoms with Crippen molar-refractivity contribution in [3.05, 3.63) is 90.3 Å². The molecule has 0 saturated heterocycles. The van der Waals surface area contributed by atoms with Crippen molar-refractivity contribution in [2.75, 3.05) is 18.1 Å². The first kappa shape index (κ1) is 19.0. The number of hydrogen-bond donors (Lipinski definition) is 0. The van der Waals surface area contributed by atoms with Gasteiger partial charge in [0.05, 0.1) is 17.3 Å². The Bertz CT molecular complexity index is 886. The van der Waals surface area contributed by atoms with Crippen LogP contribution in [0.1, 0.15) is 18.4 Å². The Morgan fingerprint density at radius 1 is 1.19 bits per heavy atom. The van der Waals surface area contributed by atoms with Crippen LogP contribution < -0.4 is 4.90 Å². The number of nitrogens with zero attached hydrogens (tertiary/aromatic N) is 2. The molecule has 0 unspecified atom stereocenters. The summed E-state index contributed by atoms with van der Waals surface area (Å²) in [5.41, 5.74) is 2.70. The molecule has 138 valence electrons. The molecule has 0 saturated carbocycles. The number of halogens is 1. The molecule has 3 nitrogen and oxygen atoms in total. The number of benzene rings is 1. The van der Waals surface area contributed by atoms with Crippen molar-refractivity contribution in [1.29, 1.82) is 0 Å². The molecule has 2 aromatic rings. The summed E-state index contributed by atoms with van der Waals surface area (Å²) < 4.78 is 5.97. The van der Waals surface area contributed by atoms with Crippen LogP contribution in [0.4, 0.5) is 5.82 Å². The number of pyridine rings is 1. The summed E-state index contributed by atoms with van der Waals surface area (Å²) in [6.45, 7) is 8.98. The Hall–Kier alpha value is -2.78. The molecule has 4 heteroatoms. The molecule has 1 aromatic carbocycles. The van der Waals surface area contributed by atoms with Crippen molar-refractivity contribution in [2.24, 2.45) is 0 Å². The van der Waals surface area contributed by atoms with Crippen LogP contribution in [0.25, 0.3) is 17.3 Å². The third-order valence-electron chi connectivity index (χ3n) is 4.28. The van der Waals surface area contributed by atoms with Crippen molar-refractivity contribution < 1.29 is 4.74 Å². The minimum absolute atomic E-state index is 0.609. The van der Waals surface area contributed by atoms with E-state index in [0.29, 0.717) is 18.2 Å². The highest BCUT2D eigenvalue weighted by atomic mass is 35.5. The van der Waals surface area contributed by atoms with E-state index in [9.17, 15) is 0 Å². The summed E-state index contributed by atoms with van der Waals surface area (Å²) in [6.07, 6.45) is 11.6. The second kappa shape index (κ2) is 9.24. The van der Waals surface area contributed by atoms with Gasteiger partial charge in [-0.2, -0.15) is 0 Å². The average molecular weight is 379 g/mol. The van der Waals surface area contributed by atoms with Crippen LogP contribution in [0, 0.1) is 0 Å². The Labute approximate surface area is 165 Å². The first-order chi connectivity index (χ1) is 13.2. The second-order valence-electron chi connectivity index (χ2n) is 6.11. The highest BCUT2D eigenvalue weighted by Gasteiger charge is 2.18. The molecule has 27 heavy (non-hydrogen) atoms. The van der Waals surface area contributed by atoms with E-state index in [0.717, 1.165) is 41.4 Å². The van der Waals surface area contributed by atoms with E-state index in [1.54, 1.807) is 0 Å². The normalized spacial score (nSPS) is 13.2. The molecule has 0 N–H and O–H groups in total. The van der Waals surface area contributed by atoms with Gasteiger partial charge in [-0.25, -0.2) is 4.98 Å². The summed E-state index contributed by atoms with van der Waals surface area (Å²) >= 11 is 6.47. The van der Waals surface area contributed by atoms with Gasteiger partial charge in [-0.1, -0.05) is 66.7 Å². The Morgan fingerprint density at radius 3 is 2.85 bits per heavy atom. The zero-order valence-electron chi connectivity index (χ0n) is 15.3. The first-order valence-corrected chi connectivity index (χ1v) is 9.39. The Kier molecular flexibility index (Phi) is 6.50. The van der Waals surface area contributed by atoms with Crippen LogP contribution in [-0.4, -0.2) is 18.1 Å². The maximum Gasteiger partial charge on any atom is 0.195 e. The van der Waals surface area contributed by atoms with Crippen molar-refractivity contribution in [2.45, 2.75) is 12.8 Å². The van der Waals surface area contributed by atoms with Gasteiger partial charge in [0, 0.05) is 12.1 Å². The summed E-state index contributed by atoms with van der Waals surface area (Å²) in [7, 11) is 0. The van der Waals surface area contributed by atoms with E-state index in [1.165, 1.54) is 0 Å². The topological polar surface area (TPSA) is 25.4 Å². The molecular weight excluding hydrogens is 356 g/mol. The molecule has 0 aliphatic carbocycles. The number of ether oxygens (including phenoxy) is 1. The van der Waals surface area contributed by atoms with Gasteiger partial charge in [0.25, 0.3) is 0 Å². The van der Waals surface area contributed by atoms with Gasteiger partial charge in [-0.15, -0.1) is 6.58 Å². The summed E-state index contributed by atoms with van der Waals surface area (Å²) in [6, 6.07) is 11.8. The van der Waals surface area contributed by atoms with Crippen LogP contribution in [0.3, 0.4) is 0 Å². The zero-order chi connectivity index (χ0) is 19.1. The number of rotatable bonds is 8. The monoisotopic (exact) mass is 378 g/mol. The van der Waals surface area contributed by atoms with Crippen molar-refractivity contribution in [3.8, 4) is 11.3 Å². The number of anilines is 1. The molecule has 0 radical (unpaired) electrons. The van der Waals surface area contributed by atoms with Crippen LogP contribution in [0.5, 0.6) is 0 Å². The molecule has 0 spiro atoms. The van der Waals surface area contributed by atoms with Crippen LogP contribution in [0.15, 0.2) is 79.7 Å². The van der Waals surface area contributed by atoms with E-state index >= 15 is 0 Å². The van der Waals surface area contributed by atoms with Gasteiger partial charge >= 0.3 is 0 Å². The fourth-order valence-electron chi connectivity index (χ4n) is 2.90. The molecule has 0 bridgehead atoms. The van der Waals surface area contributed by atoms with Gasteiger partial charge in [-0.3, -0.25) is 4.90 Å². The predicted molar refractivity (Wildman–Crippen MR) is 115 cm³/mol. The lowest BCUT2D eigenvalue weighted by atomic mass is 10.0. The number of unbranched alkanes of at least 4 members (excludes halogenated alkanes) is 1. The van der Waals surface area contributed by atoms with E-state index in [1.807, 2.05) is 65.6 Å². The largest absolute Gasteiger partial charge is 0.479 e. The highest BCUT2D eigenvalue weighted by molar-refractivity contribution is 6.33. The SMILES string of the molecule is C=CCCCOC1=CC=CCN1c1ccc(Cl)c(-c2ccccc2C=C)n1. The maximum atomic E-state index is 6.47. The molecule has 1 aliphatic rings. The molecule has 0 fully saturated rings. The lowest BCUT2D eigenvalue weighted by Crippen LogP contribution is -2.27. The number of allylic oxidation sites excluding steroid dienone is 3. The number of aromatic nitrogens is 1. The second-order valence-corrected chi connectivity index (χ2v) is 6.52. The molecule has 0 amide bonds. The van der Waals surface area contributed by atoms with Crippen LogP contribution >= 0.6 is 11.6 Å². The standard InChI is InChI=1S/C23H23ClN2O/c1-3-5-10-17-27-22-13-8-9-16-26(22)21-15-14-20(24)23(25-21)19-12-7-6-11-18(19)4-2/h3-4,6-9,11-15H,1-2,5,10,16-17H2. The minimum atomic E-state index is 0.609. The summed E-state index contributed by atoms with van der Waals surface area (Å²) in [5, 5.41) is 0.609.